The van der Waals surface area contributed by atoms with Gasteiger partial charge in [-0.25, -0.2) is 0 Å². The third kappa shape index (κ3) is 6.60. The highest BCUT2D eigenvalue weighted by molar-refractivity contribution is 6.45. The van der Waals surface area contributed by atoms with Crippen molar-refractivity contribution in [3.8, 4) is 0 Å². The van der Waals surface area contributed by atoms with E-state index in [0.29, 0.717) is 6.32 Å². The van der Waals surface area contributed by atoms with E-state index in [1.807, 2.05) is 33.8 Å². The van der Waals surface area contributed by atoms with Gasteiger partial charge in [-0.15, -0.1) is 0 Å². The summed E-state index contributed by atoms with van der Waals surface area (Å²) in [4.78, 5) is 11.8. The van der Waals surface area contributed by atoms with Crippen LogP contribution in [0.15, 0.2) is 36.5 Å². The summed E-state index contributed by atoms with van der Waals surface area (Å²) >= 11 is 0. The van der Waals surface area contributed by atoms with Crippen LogP contribution in [-0.2, 0) is 14.1 Å². The van der Waals surface area contributed by atoms with Crippen LogP contribution in [0, 0.1) is 11.8 Å². The van der Waals surface area contributed by atoms with Crippen LogP contribution in [0.2, 0.25) is 6.32 Å². The van der Waals surface area contributed by atoms with E-state index in [9.17, 15) is 4.79 Å². The largest absolute Gasteiger partial charge is 0.458 e. The monoisotopic (exact) mass is 346 g/mol. The molecule has 1 aliphatic rings. The Bertz CT molecular complexity index is 475. The summed E-state index contributed by atoms with van der Waals surface area (Å²) in [6.07, 6.45) is 17.4. The van der Waals surface area contributed by atoms with Gasteiger partial charge >= 0.3 is 7.12 Å². The molecule has 0 spiro atoms. The van der Waals surface area contributed by atoms with Gasteiger partial charge in [0.1, 0.15) is 6.29 Å². The molecule has 0 N–H and O–H groups in total. The minimum atomic E-state index is -0.363. The maximum atomic E-state index is 11.8. The number of unbranched alkanes of at least 4 members (excludes halogenated alkanes) is 1. The van der Waals surface area contributed by atoms with Crippen LogP contribution in [0.25, 0.3) is 0 Å². The van der Waals surface area contributed by atoms with Crippen molar-refractivity contribution in [2.24, 2.45) is 11.8 Å². The molecule has 1 heterocycles. The molecule has 0 aromatic carbocycles. The molecule has 0 aromatic rings. The highest BCUT2D eigenvalue weighted by Crippen LogP contribution is 2.39. The van der Waals surface area contributed by atoms with E-state index < -0.39 is 0 Å². The van der Waals surface area contributed by atoms with Gasteiger partial charge in [0.2, 0.25) is 0 Å². The Morgan fingerprint density at radius 3 is 2.12 bits per heavy atom. The van der Waals surface area contributed by atoms with E-state index >= 15 is 0 Å². The number of hydrogen-bond acceptors (Lipinski definition) is 3. The molecule has 2 atom stereocenters. The van der Waals surface area contributed by atoms with E-state index in [1.54, 1.807) is 0 Å². The van der Waals surface area contributed by atoms with Crippen LogP contribution < -0.4 is 0 Å². The first-order valence-electron chi connectivity index (χ1n) is 9.58. The fraction of sp³-hybridized carbons (Fsp3) is 0.667. The van der Waals surface area contributed by atoms with Crippen LogP contribution >= 0.6 is 0 Å². The van der Waals surface area contributed by atoms with Gasteiger partial charge in [-0.1, -0.05) is 56.7 Å². The molecule has 0 radical (unpaired) electrons. The van der Waals surface area contributed by atoms with E-state index in [4.69, 9.17) is 9.31 Å². The molecule has 1 rings (SSSR count). The molecular formula is C21H35BO3. The molecule has 1 fully saturated rings. The molecule has 0 saturated carbocycles. The van der Waals surface area contributed by atoms with Crippen molar-refractivity contribution < 1.29 is 14.1 Å². The zero-order chi connectivity index (χ0) is 18.9. The molecule has 140 valence electrons. The van der Waals surface area contributed by atoms with Crippen LogP contribution in [0.4, 0.5) is 0 Å². The number of carbonyl (C=O) groups is 1. The second kappa shape index (κ2) is 10.1. The zero-order valence-electron chi connectivity index (χ0n) is 16.8. The highest BCUT2D eigenvalue weighted by atomic mass is 16.7. The second-order valence-corrected chi connectivity index (χ2v) is 7.74. The molecule has 1 saturated heterocycles. The smallest absolute Gasteiger partial charge is 0.403 e. The lowest BCUT2D eigenvalue weighted by atomic mass is 9.73. The minimum absolute atomic E-state index is 0.0581. The van der Waals surface area contributed by atoms with Crippen molar-refractivity contribution in [2.45, 2.75) is 78.3 Å². The summed E-state index contributed by atoms with van der Waals surface area (Å²) in [5, 5.41) is 0. The van der Waals surface area contributed by atoms with Crippen LogP contribution in [0.5, 0.6) is 0 Å². The number of carbonyl (C=O) groups excluding carboxylic acids is 1. The molecule has 1 aliphatic heterocycles. The summed E-state index contributed by atoms with van der Waals surface area (Å²) in [6.45, 7) is 12.4. The molecular weight excluding hydrogens is 311 g/mol. The van der Waals surface area contributed by atoms with Crippen molar-refractivity contribution in [1.29, 1.82) is 0 Å². The lowest BCUT2D eigenvalue weighted by Crippen LogP contribution is -2.41. The minimum Gasteiger partial charge on any atom is -0.403 e. The van der Waals surface area contributed by atoms with Gasteiger partial charge in [-0.05, 0) is 46.9 Å². The maximum Gasteiger partial charge on any atom is 0.458 e. The van der Waals surface area contributed by atoms with Crippen LogP contribution in [0.3, 0.4) is 0 Å². The predicted octanol–water partition coefficient (Wildman–Crippen LogP) is 5.39. The third-order valence-corrected chi connectivity index (χ3v) is 5.07. The third-order valence-electron chi connectivity index (χ3n) is 5.07. The Balaban J connectivity index is 2.80. The zero-order valence-corrected chi connectivity index (χ0v) is 16.8. The molecule has 0 aromatic heterocycles. The first kappa shape index (κ1) is 21.9. The Labute approximate surface area is 154 Å². The normalized spacial score (nSPS) is 22.2. The fourth-order valence-corrected chi connectivity index (χ4v) is 2.76. The van der Waals surface area contributed by atoms with E-state index in [-0.39, 0.29) is 30.2 Å². The Morgan fingerprint density at radius 2 is 1.60 bits per heavy atom. The molecule has 0 unspecified atom stereocenters. The lowest BCUT2D eigenvalue weighted by molar-refractivity contribution is -0.111. The number of rotatable bonds is 10. The van der Waals surface area contributed by atoms with Crippen molar-refractivity contribution in [3.05, 3.63) is 36.5 Å². The Hall–Kier alpha value is -1.13. The van der Waals surface area contributed by atoms with Crippen LogP contribution in [-0.4, -0.2) is 24.6 Å². The van der Waals surface area contributed by atoms with Crippen molar-refractivity contribution in [2.75, 3.05) is 0 Å². The van der Waals surface area contributed by atoms with Crippen molar-refractivity contribution in [1.82, 2.24) is 0 Å². The first-order chi connectivity index (χ1) is 11.8. The van der Waals surface area contributed by atoms with E-state index in [2.05, 4.69) is 44.2 Å². The maximum absolute atomic E-state index is 11.8. The van der Waals surface area contributed by atoms with Gasteiger partial charge < -0.3 is 14.1 Å². The van der Waals surface area contributed by atoms with Crippen molar-refractivity contribution in [3.63, 3.8) is 0 Å². The lowest BCUT2D eigenvalue weighted by Gasteiger charge is -2.32. The van der Waals surface area contributed by atoms with E-state index in [0.717, 1.165) is 25.5 Å². The number of allylic oxidation sites excluding steroid dienone is 6. The fourth-order valence-electron chi connectivity index (χ4n) is 2.76. The molecule has 4 heteroatoms. The Morgan fingerprint density at radius 1 is 0.960 bits per heavy atom. The van der Waals surface area contributed by atoms with Gasteiger partial charge in [-0.3, -0.25) is 0 Å². The summed E-state index contributed by atoms with van der Waals surface area (Å²) in [7, 11) is -0.346. The van der Waals surface area contributed by atoms with Gasteiger partial charge in [0.15, 0.2) is 0 Å². The SMILES string of the molecule is CC/C=C/[C@@H](/C=C/C=C/CCC)[C@@H](C=O)CB1OC(C)(C)C(C)(C)O1. The molecule has 3 nitrogen and oxygen atoms in total. The predicted molar refractivity (Wildman–Crippen MR) is 107 cm³/mol. The summed E-state index contributed by atoms with van der Waals surface area (Å²) in [6, 6.07) is 0. The topological polar surface area (TPSA) is 35.5 Å². The van der Waals surface area contributed by atoms with Gasteiger partial charge in [-0.2, -0.15) is 0 Å². The average Bonchev–Trinajstić information content (AvgIpc) is 2.75. The molecule has 0 bridgehead atoms. The Kier molecular flexibility index (Phi) is 8.88. The molecule has 0 aliphatic carbocycles. The molecule has 25 heavy (non-hydrogen) atoms. The average molecular weight is 346 g/mol. The number of aldehydes is 1. The second-order valence-electron chi connectivity index (χ2n) is 7.74. The quantitative estimate of drug-likeness (QED) is 0.230. The van der Waals surface area contributed by atoms with Crippen LogP contribution in [0.1, 0.15) is 60.8 Å². The molecule has 0 amide bonds. The number of hydrogen-bond donors (Lipinski definition) is 0. The van der Waals surface area contributed by atoms with Gasteiger partial charge in [0.25, 0.3) is 0 Å². The summed E-state index contributed by atoms with van der Waals surface area (Å²) < 4.78 is 12.1. The standard InChI is InChI=1S/C21H35BO3/c1-7-9-11-12-13-15-18(14-10-8-2)19(17-23)16-22-24-20(3,4)21(5,6)25-22/h10-15,17-19H,7-9,16H2,1-6H3/b12-11+,14-10+,15-13+/t18-,19+/m0/s1. The summed E-state index contributed by atoms with van der Waals surface area (Å²) in [5.41, 5.74) is -0.725. The first-order valence-corrected chi connectivity index (χ1v) is 9.58. The summed E-state index contributed by atoms with van der Waals surface area (Å²) in [5.74, 6) is -0.101. The van der Waals surface area contributed by atoms with E-state index in [1.165, 1.54) is 0 Å². The highest BCUT2D eigenvalue weighted by Gasteiger charge is 2.51. The van der Waals surface area contributed by atoms with Gasteiger partial charge in [0.05, 0.1) is 11.2 Å². The van der Waals surface area contributed by atoms with Crippen molar-refractivity contribution >= 4 is 13.4 Å². The van der Waals surface area contributed by atoms with Gasteiger partial charge in [0, 0.05) is 11.8 Å².